The minimum atomic E-state index is -3.70. The van der Waals surface area contributed by atoms with E-state index < -0.39 is 18.7 Å². The average Bonchev–Trinajstić information content (AvgIpc) is 2.51. The first-order chi connectivity index (χ1) is 9.42. The van der Waals surface area contributed by atoms with Crippen molar-refractivity contribution in [3.05, 3.63) is 0 Å². The van der Waals surface area contributed by atoms with E-state index in [9.17, 15) is 9.67 Å². The van der Waals surface area contributed by atoms with Crippen LogP contribution in [0.2, 0.25) is 0 Å². The molecule has 0 radical (unpaired) electrons. The minimum absolute atomic E-state index is 0.0559. The van der Waals surface area contributed by atoms with Crippen molar-refractivity contribution in [2.24, 2.45) is 10.8 Å². The van der Waals surface area contributed by atoms with Crippen molar-refractivity contribution in [3.63, 3.8) is 0 Å². The van der Waals surface area contributed by atoms with Gasteiger partial charge in [0.05, 0.1) is 26.4 Å². The Bertz CT molecular complexity index is 326. The van der Waals surface area contributed by atoms with Gasteiger partial charge in [-0.25, -0.2) is 4.57 Å². The van der Waals surface area contributed by atoms with E-state index in [2.05, 4.69) is 0 Å². The maximum Gasteiger partial charge on any atom is 0.474 e. The van der Waals surface area contributed by atoms with Gasteiger partial charge in [-0.3, -0.25) is 13.6 Å². The summed E-state index contributed by atoms with van der Waals surface area (Å²) in [6, 6.07) is 0. The number of phosphoric ester groups is 1. The summed E-state index contributed by atoms with van der Waals surface area (Å²) >= 11 is 23.1. The molecular formula is C10H17Cl4O5P. The van der Waals surface area contributed by atoms with Gasteiger partial charge in [0.25, 0.3) is 0 Å². The Morgan fingerprint density at radius 3 is 2.00 bits per heavy atom. The molecule has 5 nitrogen and oxygen atoms in total. The second-order valence-electron chi connectivity index (χ2n) is 4.96. The van der Waals surface area contributed by atoms with Crippen LogP contribution in [0.25, 0.3) is 0 Å². The van der Waals surface area contributed by atoms with E-state index in [1.54, 1.807) is 0 Å². The standard InChI is InChI=1S/C10H17Cl4O5P/c11-1-9(2-12,5-15)6-17-20(16)18-7-10(3-13,4-14)8-19-20/h15H,1-8H2. The van der Waals surface area contributed by atoms with Crippen LogP contribution in [-0.2, 0) is 18.1 Å². The van der Waals surface area contributed by atoms with Gasteiger partial charge in [-0.1, -0.05) is 0 Å². The van der Waals surface area contributed by atoms with E-state index >= 15 is 0 Å². The third-order valence-electron chi connectivity index (χ3n) is 3.06. The van der Waals surface area contributed by atoms with Crippen molar-refractivity contribution in [3.8, 4) is 0 Å². The van der Waals surface area contributed by atoms with Crippen LogP contribution in [0.15, 0.2) is 0 Å². The van der Waals surface area contributed by atoms with E-state index in [-0.39, 0.29) is 49.9 Å². The normalized spacial score (nSPS) is 21.9. The highest BCUT2D eigenvalue weighted by atomic mass is 35.5. The lowest BCUT2D eigenvalue weighted by atomic mass is 9.96. The lowest BCUT2D eigenvalue weighted by Crippen LogP contribution is -2.40. The molecular weight excluding hydrogens is 373 g/mol. The van der Waals surface area contributed by atoms with E-state index in [4.69, 9.17) is 60.0 Å². The van der Waals surface area contributed by atoms with Gasteiger partial charge in [0.1, 0.15) is 0 Å². The highest BCUT2D eigenvalue weighted by Gasteiger charge is 2.44. The Morgan fingerprint density at radius 2 is 1.65 bits per heavy atom. The van der Waals surface area contributed by atoms with Gasteiger partial charge in [-0.2, -0.15) is 0 Å². The van der Waals surface area contributed by atoms with Gasteiger partial charge in [0, 0.05) is 34.3 Å². The van der Waals surface area contributed by atoms with E-state index in [1.807, 2.05) is 0 Å². The summed E-state index contributed by atoms with van der Waals surface area (Å²) in [5.74, 6) is 0.557. The zero-order valence-electron chi connectivity index (χ0n) is 10.7. The Hall–Kier alpha value is 1.23. The quantitative estimate of drug-likeness (QED) is 0.510. The Balaban J connectivity index is 2.59. The fourth-order valence-corrected chi connectivity index (χ4v) is 3.96. The monoisotopic (exact) mass is 388 g/mol. The molecule has 0 aliphatic carbocycles. The molecule has 1 aliphatic rings. The molecule has 0 amide bonds. The van der Waals surface area contributed by atoms with Gasteiger partial charge in [0.2, 0.25) is 0 Å². The van der Waals surface area contributed by atoms with E-state index in [1.165, 1.54) is 0 Å². The molecule has 0 atom stereocenters. The number of halogens is 4. The second kappa shape index (κ2) is 8.19. The molecule has 0 unspecified atom stereocenters. The molecule has 1 N–H and O–H groups in total. The number of phosphoric acid groups is 1. The van der Waals surface area contributed by atoms with Crippen molar-refractivity contribution < 1.29 is 23.2 Å². The zero-order chi connectivity index (χ0) is 15.3. The number of hydrogen-bond acceptors (Lipinski definition) is 5. The summed E-state index contributed by atoms with van der Waals surface area (Å²) in [6.45, 7) is -0.286. The van der Waals surface area contributed by atoms with Gasteiger partial charge in [0.15, 0.2) is 0 Å². The van der Waals surface area contributed by atoms with Crippen LogP contribution in [0.1, 0.15) is 0 Å². The van der Waals surface area contributed by atoms with Gasteiger partial charge in [-0.05, 0) is 0 Å². The third-order valence-corrected chi connectivity index (χ3v) is 6.66. The third kappa shape index (κ3) is 4.61. The largest absolute Gasteiger partial charge is 0.474 e. The summed E-state index contributed by atoms with van der Waals surface area (Å²) in [4.78, 5) is 0. The highest BCUT2D eigenvalue weighted by molar-refractivity contribution is 7.48. The Morgan fingerprint density at radius 1 is 1.15 bits per heavy atom. The number of rotatable bonds is 8. The summed E-state index contributed by atoms with van der Waals surface area (Å²) in [6.07, 6.45) is 0. The van der Waals surface area contributed by atoms with Crippen molar-refractivity contribution in [2.45, 2.75) is 0 Å². The van der Waals surface area contributed by atoms with Crippen LogP contribution >= 0.6 is 54.2 Å². The van der Waals surface area contributed by atoms with Crippen molar-refractivity contribution >= 4 is 54.2 Å². The lowest BCUT2D eigenvalue weighted by Gasteiger charge is -2.37. The van der Waals surface area contributed by atoms with Crippen LogP contribution < -0.4 is 0 Å². The molecule has 1 heterocycles. The molecule has 0 aromatic carbocycles. The zero-order valence-corrected chi connectivity index (χ0v) is 14.6. The minimum Gasteiger partial charge on any atom is -0.396 e. The summed E-state index contributed by atoms with van der Waals surface area (Å²) in [7, 11) is -3.70. The Kier molecular flexibility index (Phi) is 7.89. The van der Waals surface area contributed by atoms with Gasteiger partial charge in [-0.15, -0.1) is 46.4 Å². The first-order valence-electron chi connectivity index (χ1n) is 5.81. The molecule has 0 spiro atoms. The van der Waals surface area contributed by atoms with Crippen LogP contribution in [0, 0.1) is 10.8 Å². The lowest BCUT2D eigenvalue weighted by molar-refractivity contribution is -0.00966. The summed E-state index contributed by atoms with van der Waals surface area (Å²) in [5, 5.41) is 9.29. The summed E-state index contributed by atoms with van der Waals surface area (Å²) in [5.41, 5.74) is -1.46. The maximum atomic E-state index is 12.2. The maximum absolute atomic E-state index is 12.2. The van der Waals surface area contributed by atoms with Gasteiger partial charge < -0.3 is 5.11 Å². The van der Waals surface area contributed by atoms with E-state index in [0.717, 1.165) is 0 Å². The smallest absolute Gasteiger partial charge is 0.396 e. The molecule has 1 rings (SSSR count). The van der Waals surface area contributed by atoms with Crippen molar-refractivity contribution in [2.75, 3.05) is 49.9 Å². The molecule has 1 fully saturated rings. The molecule has 20 heavy (non-hydrogen) atoms. The fraction of sp³-hybridized carbons (Fsp3) is 1.00. The number of alkyl halides is 4. The molecule has 0 bridgehead atoms. The predicted octanol–water partition coefficient (Wildman–Crippen LogP) is 3.08. The molecule has 10 heteroatoms. The van der Waals surface area contributed by atoms with Crippen molar-refractivity contribution in [1.82, 2.24) is 0 Å². The van der Waals surface area contributed by atoms with E-state index in [0.29, 0.717) is 0 Å². The molecule has 1 aliphatic heterocycles. The predicted molar refractivity (Wildman–Crippen MR) is 80.3 cm³/mol. The summed E-state index contributed by atoms with van der Waals surface area (Å²) < 4.78 is 27.7. The number of hydrogen-bond donors (Lipinski definition) is 1. The second-order valence-corrected chi connectivity index (χ2v) is 7.70. The number of aliphatic hydroxyl groups is 1. The van der Waals surface area contributed by atoms with Crippen LogP contribution in [0.3, 0.4) is 0 Å². The fourth-order valence-electron chi connectivity index (χ4n) is 1.23. The van der Waals surface area contributed by atoms with Crippen LogP contribution in [0.5, 0.6) is 0 Å². The first kappa shape index (κ1) is 19.3. The van der Waals surface area contributed by atoms with Crippen LogP contribution in [0.4, 0.5) is 0 Å². The molecule has 1 saturated heterocycles. The SMILES string of the molecule is O=P1(OCC(CO)(CCl)CCl)OCC(CCl)(CCl)CO1. The number of aliphatic hydroxyl groups excluding tert-OH is 1. The van der Waals surface area contributed by atoms with Crippen LogP contribution in [-0.4, -0.2) is 55.1 Å². The van der Waals surface area contributed by atoms with Gasteiger partial charge >= 0.3 is 7.82 Å². The molecule has 0 aromatic rings. The average molecular weight is 390 g/mol. The molecule has 0 saturated carbocycles. The first-order valence-corrected chi connectivity index (χ1v) is 9.41. The molecule has 120 valence electrons. The highest BCUT2D eigenvalue weighted by Crippen LogP contribution is 2.55. The Labute approximate surface area is 138 Å². The van der Waals surface area contributed by atoms with Crippen molar-refractivity contribution in [1.29, 1.82) is 0 Å². The molecule has 0 aromatic heterocycles. The topological polar surface area (TPSA) is 65.0 Å².